The molecule has 0 saturated heterocycles. The lowest BCUT2D eigenvalue weighted by Crippen LogP contribution is -1.92. The molecule has 48 heavy (non-hydrogen) atoms. The minimum Gasteiger partial charge on any atom is -0.258 e. The molecule has 5 rings (SSSR count). The van der Waals surface area contributed by atoms with Gasteiger partial charge in [-0.2, -0.15) is 0 Å². The van der Waals surface area contributed by atoms with Crippen LogP contribution in [0.1, 0.15) is 0 Å². The zero-order valence-electron chi connectivity index (χ0n) is 23.2. The first kappa shape index (κ1) is 38.3. The van der Waals surface area contributed by atoms with Crippen molar-refractivity contribution in [2.24, 2.45) is 0 Å². The van der Waals surface area contributed by atoms with Crippen molar-refractivity contribution in [2.75, 3.05) is 0 Å². The lowest BCUT2D eigenvalue weighted by Gasteiger charge is -2.16. The minimum absolute atomic E-state index is 0.0290. The van der Waals surface area contributed by atoms with Gasteiger partial charge in [-0.1, -0.05) is 69.8 Å². The summed E-state index contributed by atoms with van der Waals surface area (Å²) in [5.74, 6) is 0. The lowest BCUT2D eigenvalue weighted by molar-refractivity contribution is -0.385. The Balaban J connectivity index is 0.000000401. The van der Waals surface area contributed by atoms with E-state index in [1.54, 1.807) is 36.4 Å². The highest BCUT2D eigenvalue weighted by atomic mass is 79.9. The fourth-order valence-electron chi connectivity index (χ4n) is 4.08. The van der Waals surface area contributed by atoms with Crippen LogP contribution in [0.15, 0.2) is 102 Å². The van der Waals surface area contributed by atoms with Gasteiger partial charge in [-0.3, -0.25) is 30.3 Å². The molecule has 0 aliphatic rings. The van der Waals surface area contributed by atoms with Crippen LogP contribution in [0.3, 0.4) is 0 Å². The average molecular weight is 960 g/mol. The molecule has 9 nitrogen and oxygen atoms in total. The van der Waals surface area contributed by atoms with Gasteiger partial charge in [-0.15, -0.1) is 0 Å². The maximum Gasteiger partial charge on any atom is 0.270 e. The van der Waals surface area contributed by atoms with E-state index in [-0.39, 0.29) is 17.1 Å². The van der Waals surface area contributed by atoms with Crippen LogP contribution < -0.4 is 0 Å². The molecule has 0 bridgehead atoms. The Morgan fingerprint density at radius 3 is 1.15 bits per heavy atom. The minimum atomic E-state index is -0.493. The highest BCUT2D eigenvalue weighted by Gasteiger charge is 2.22. The van der Waals surface area contributed by atoms with E-state index in [0.717, 1.165) is 0 Å². The van der Waals surface area contributed by atoms with E-state index in [1.807, 2.05) is 0 Å². The molecule has 0 aliphatic carbocycles. The Morgan fingerprint density at radius 1 is 0.479 bits per heavy atom. The highest BCUT2D eigenvalue weighted by molar-refractivity contribution is 9.11. The molecule has 5 aromatic carbocycles. The summed E-state index contributed by atoms with van der Waals surface area (Å²) in [6.45, 7) is 0. The molecule has 0 aromatic heterocycles. The van der Waals surface area contributed by atoms with Gasteiger partial charge in [-0.05, 0) is 101 Å². The molecule has 18 heteroatoms. The van der Waals surface area contributed by atoms with Crippen molar-refractivity contribution < 1.29 is 14.8 Å². The van der Waals surface area contributed by atoms with E-state index in [4.69, 9.17) is 58.0 Å². The lowest BCUT2D eigenvalue weighted by atomic mass is 10.1. The van der Waals surface area contributed by atoms with Gasteiger partial charge in [0.1, 0.15) is 0 Å². The van der Waals surface area contributed by atoms with Gasteiger partial charge in [-0.25, -0.2) is 0 Å². The number of hydrogen-bond donors (Lipinski definition) is 0. The fourth-order valence-corrected chi connectivity index (χ4v) is 7.96. The number of nitro groups is 3. The van der Waals surface area contributed by atoms with Gasteiger partial charge in [0.2, 0.25) is 0 Å². The maximum absolute atomic E-state index is 11.1. The molecule has 0 aliphatic heterocycles. The summed E-state index contributed by atoms with van der Waals surface area (Å²) in [6, 6.07) is 19.7. The Bertz CT molecular complexity index is 2010. The Morgan fingerprint density at radius 2 is 0.812 bits per heavy atom. The quantitative estimate of drug-likeness (QED) is 0.117. The largest absolute Gasteiger partial charge is 0.270 e. The molecule has 0 N–H and O–H groups in total. The third-order valence-electron chi connectivity index (χ3n) is 6.31. The standard InChI is InChI=1S/C24H10Br2Cl4N2O4S.C6H3BrClNO2/c25-15-9-11(31(33)34)1-3-13(15)21-17(27)5-7-19(23(21)29)37-20-8-6-18(28)22(24(20)30)14-4-2-12(32(35)36)10-16(14)26;7-5-3-4(9(10)11)1-2-6(5)8/h1-10H;1-3H. The molecule has 246 valence electrons. The molecule has 5 aromatic rings. The first-order valence-corrected chi connectivity index (χ1v) is 17.8. The summed E-state index contributed by atoms with van der Waals surface area (Å²) in [6.07, 6.45) is 0. The summed E-state index contributed by atoms with van der Waals surface area (Å²) in [5, 5.41) is 34.3. The molecule has 0 radical (unpaired) electrons. The van der Waals surface area contributed by atoms with E-state index in [2.05, 4.69) is 47.8 Å². The zero-order chi connectivity index (χ0) is 35.4. The molecule has 0 fully saturated rings. The molecular weight excluding hydrogens is 947 g/mol. The molecular formula is C30H13Br3Cl5N3O6S. The average Bonchev–Trinajstić information content (AvgIpc) is 3.02. The van der Waals surface area contributed by atoms with Crippen molar-refractivity contribution in [2.45, 2.75) is 9.79 Å². The molecule has 0 amide bonds. The maximum atomic E-state index is 11.1. The normalized spacial score (nSPS) is 10.7. The van der Waals surface area contributed by atoms with Crippen LogP contribution in [-0.2, 0) is 0 Å². The van der Waals surface area contributed by atoms with Crippen molar-refractivity contribution in [3.63, 3.8) is 0 Å². The SMILES string of the molecule is O=[N+]([O-])c1ccc(-c2c(Cl)ccc(Sc3ccc(Cl)c(-c4ccc([N+](=O)[O-])cc4Br)c3Cl)c2Cl)c(Br)c1.O=[N+]([O-])c1ccc(Cl)c(Br)c1. The van der Waals surface area contributed by atoms with Gasteiger partial charge < -0.3 is 0 Å². The monoisotopic (exact) mass is 955 g/mol. The molecule has 0 atom stereocenters. The zero-order valence-corrected chi connectivity index (χ0v) is 32.6. The first-order chi connectivity index (χ1) is 22.6. The third kappa shape index (κ3) is 8.82. The topological polar surface area (TPSA) is 129 Å². The van der Waals surface area contributed by atoms with Crippen LogP contribution in [-0.4, -0.2) is 14.8 Å². The summed E-state index contributed by atoms with van der Waals surface area (Å²) >= 11 is 43.2. The second kappa shape index (κ2) is 16.5. The fraction of sp³-hybridized carbons (Fsp3) is 0. The second-order valence-electron chi connectivity index (χ2n) is 9.27. The Labute approximate surface area is 326 Å². The predicted octanol–water partition coefficient (Wildman–Crippen LogP) is 14.1. The van der Waals surface area contributed by atoms with E-state index >= 15 is 0 Å². The number of nitrogens with zero attached hydrogens (tertiary/aromatic N) is 3. The van der Waals surface area contributed by atoms with Gasteiger partial charge in [0.25, 0.3) is 17.1 Å². The van der Waals surface area contributed by atoms with Crippen LogP contribution >= 0.6 is 118 Å². The van der Waals surface area contributed by atoms with Crippen molar-refractivity contribution in [1.29, 1.82) is 0 Å². The van der Waals surface area contributed by atoms with Crippen LogP contribution in [0.4, 0.5) is 17.1 Å². The summed E-state index contributed by atoms with van der Waals surface area (Å²) in [5.41, 5.74) is 2.04. The Kier molecular flexibility index (Phi) is 13.2. The first-order valence-electron chi connectivity index (χ1n) is 12.7. The van der Waals surface area contributed by atoms with Gasteiger partial charge in [0.15, 0.2) is 0 Å². The predicted molar refractivity (Wildman–Crippen MR) is 202 cm³/mol. The molecule has 0 spiro atoms. The van der Waals surface area contributed by atoms with Crippen LogP contribution in [0, 0.1) is 30.3 Å². The van der Waals surface area contributed by atoms with Crippen LogP contribution in [0.2, 0.25) is 25.1 Å². The van der Waals surface area contributed by atoms with Gasteiger partial charge in [0.05, 0.1) is 39.9 Å². The molecule has 0 saturated carbocycles. The van der Waals surface area contributed by atoms with Crippen LogP contribution in [0.5, 0.6) is 0 Å². The smallest absolute Gasteiger partial charge is 0.258 e. The van der Waals surface area contributed by atoms with E-state index in [1.165, 1.54) is 54.2 Å². The van der Waals surface area contributed by atoms with Crippen LogP contribution in [0.25, 0.3) is 22.3 Å². The van der Waals surface area contributed by atoms with E-state index < -0.39 is 14.8 Å². The Hall–Kier alpha value is -2.46. The van der Waals surface area contributed by atoms with Crippen molar-refractivity contribution in [3.8, 4) is 22.3 Å². The number of non-ortho nitro benzene ring substituents is 3. The number of nitro benzene ring substituents is 3. The van der Waals surface area contributed by atoms with Gasteiger partial charge in [0, 0.05) is 70.7 Å². The molecule has 0 heterocycles. The summed E-state index contributed by atoms with van der Waals surface area (Å²) in [4.78, 5) is 32.2. The van der Waals surface area contributed by atoms with E-state index in [0.29, 0.717) is 70.6 Å². The number of halogens is 8. The van der Waals surface area contributed by atoms with Crippen molar-refractivity contribution in [1.82, 2.24) is 0 Å². The van der Waals surface area contributed by atoms with E-state index in [9.17, 15) is 30.3 Å². The van der Waals surface area contributed by atoms with Gasteiger partial charge >= 0.3 is 0 Å². The molecule has 0 unspecified atom stereocenters. The van der Waals surface area contributed by atoms with Crippen molar-refractivity contribution >= 4 is 135 Å². The van der Waals surface area contributed by atoms with Crippen molar-refractivity contribution in [3.05, 3.63) is 148 Å². The number of benzene rings is 5. The second-order valence-corrected chi connectivity index (χ2v) is 14.9. The highest BCUT2D eigenvalue weighted by Crippen LogP contribution is 2.49. The number of hydrogen-bond acceptors (Lipinski definition) is 7. The summed E-state index contributed by atoms with van der Waals surface area (Å²) in [7, 11) is 0. The third-order valence-corrected chi connectivity index (χ3v) is 11.6. The number of rotatable bonds is 7. The summed E-state index contributed by atoms with van der Waals surface area (Å²) < 4.78 is 1.46.